The van der Waals surface area contributed by atoms with E-state index in [1.165, 1.54) is 44.1 Å². The van der Waals surface area contributed by atoms with Crippen LogP contribution in [-0.4, -0.2) is 12.6 Å². The fourth-order valence-electron chi connectivity index (χ4n) is 2.39. The van der Waals surface area contributed by atoms with E-state index in [2.05, 4.69) is 6.58 Å². The molecule has 0 bridgehead atoms. The average molecular weight is 252 g/mol. The van der Waals surface area contributed by atoms with E-state index in [9.17, 15) is 4.79 Å². The summed E-state index contributed by atoms with van der Waals surface area (Å²) in [5.41, 5.74) is 1.40. The number of esters is 1. The van der Waals surface area contributed by atoms with Gasteiger partial charge in [-0.25, -0.2) is 0 Å². The van der Waals surface area contributed by atoms with Gasteiger partial charge in [0.1, 0.15) is 0 Å². The second kappa shape index (κ2) is 10.2. The predicted octanol–water partition coefficient (Wildman–Crippen LogP) is 4.78. The summed E-state index contributed by atoms with van der Waals surface area (Å²) < 4.78 is 5.21. The summed E-state index contributed by atoms with van der Waals surface area (Å²) in [6, 6.07) is 0. The Morgan fingerprint density at radius 3 is 1.89 bits per heavy atom. The smallest absolute Gasteiger partial charge is 0.305 e. The minimum atomic E-state index is -0.00787. The fourth-order valence-corrected chi connectivity index (χ4v) is 2.39. The van der Waals surface area contributed by atoms with Crippen molar-refractivity contribution in [3.05, 3.63) is 12.2 Å². The van der Waals surface area contributed by atoms with Gasteiger partial charge in [0.15, 0.2) is 0 Å². The monoisotopic (exact) mass is 252 g/mol. The van der Waals surface area contributed by atoms with Crippen LogP contribution in [0.4, 0.5) is 0 Å². The largest absolute Gasteiger partial charge is 0.466 e. The van der Waals surface area contributed by atoms with E-state index in [0.29, 0.717) is 13.0 Å². The molecule has 0 saturated carbocycles. The summed E-state index contributed by atoms with van der Waals surface area (Å²) in [5, 5.41) is 0. The van der Waals surface area contributed by atoms with Gasteiger partial charge in [-0.15, -0.1) is 0 Å². The van der Waals surface area contributed by atoms with Crippen LogP contribution >= 0.6 is 0 Å². The van der Waals surface area contributed by atoms with E-state index >= 15 is 0 Å². The van der Waals surface area contributed by atoms with E-state index in [-0.39, 0.29) is 5.97 Å². The molecule has 18 heavy (non-hydrogen) atoms. The molecule has 1 heterocycles. The van der Waals surface area contributed by atoms with Crippen LogP contribution in [0.3, 0.4) is 0 Å². The lowest BCUT2D eigenvalue weighted by Gasteiger charge is -2.08. The van der Waals surface area contributed by atoms with E-state index < -0.39 is 0 Å². The highest BCUT2D eigenvalue weighted by Gasteiger charge is 2.03. The zero-order valence-corrected chi connectivity index (χ0v) is 11.7. The van der Waals surface area contributed by atoms with Crippen molar-refractivity contribution in [1.29, 1.82) is 0 Å². The van der Waals surface area contributed by atoms with Gasteiger partial charge in [-0.3, -0.25) is 4.79 Å². The number of hydrogen-bond donors (Lipinski definition) is 0. The molecular weight excluding hydrogens is 224 g/mol. The minimum Gasteiger partial charge on any atom is -0.466 e. The Balaban J connectivity index is 2.21. The third-order valence-electron chi connectivity index (χ3n) is 3.60. The lowest BCUT2D eigenvalue weighted by Crippen LogP contribution is -2.05. The molecule has 1 fully saturated rings. The van der Waals surface area contributed by atoms with Gasteiger partial charge in [-0.05, 0) is 44.9 Å². The minimum absolute atomic E-state index is 0.00787. The molecule has 0 aromatic carbocycles. The van der Waals surface area contributed by atoms with Crippen molar-refractivity contribution in [1.82, 2.24) is 0 Å². The Morgan fingerprint density at radius 1 is 0.722 bits per heavy atom. The van der Waals surface area contributed by atoms with E-state index in [4.69, 9.17) is 4.74 Å². The van der Waals surface area contributed by atoms with Crippen molar-refractivity contribution in [2.75, 3.05) is 6.61 Å². The van der Waals surface area contributed by atoms with Crippen molar-refractivity contribution >= 4 is 5.97 Å². The maximum atomic E-state index is 11.4. The second-order valence-electron chi connectivity index (χ2n) is 5.40. The zero-order chi connectivity index (χ0) is 13.1. The third kappa shape index (κ3) is 8.32. The number of rotatable bonds is 0. The first kappa shape index (κ1) is 15.3. The van der Waals surface area contributed by atoms with Crippen LogP contribution in [0.25, 0.3) is 0 Å². The Morgan fingerprint density at radius 2 is 1.22 bits per heavy atom. The van der Waals surface area contributed by atoms with Crippen LogP contribution in [0.15, 0.2) is 12.2 Å². The summed E-state index contributed by atoms with van der Waals surface area (Å²) in [6.45, 7) is 4.75. The average Bonchev–Trinajstić information content (AvgIpc) is 2.35. The number of hydrogen-bond acceptors (Lipinski definition) is 2. The zero-order valence-electron chi connectivity index (χ0n) is 11.7. The van der Waals surface area contributed by atoms with Crippen molar-refractivity contribution in [3.63, 3.8) is 0 Å². The maximum Gasteiger partial charge on any atom is 0.305 e. The van der Waals surface area contributed by atoms with Crippen LogP contribution in [0.1, 0.15) is 77.0 Å². The van der Waals surface area contributed by atoms with Crippen molar-refractivity contribution in [2.24, 2.45) is 0 Å². The van der Waals surface area contributed by atoms with Crippen molar-refractivity contribution in [3.8, 4) is 0 Å². The van der Waals surface area contributed by atoms with Crippen LogP contribution in [0, 0.1) is 0 Å². The number of cyclic esters (lactones) is 1. The van der Waals surface area contributed by atoms with Crippen LogP contribution < -0.4 is 0 Å². The van der Waals surface area contributed by atoms with Gasteiger partial charge in [-0.2, -0.15) is 0 Å². The molecule has 0 radical (unpaired) electrons. The Bertz CT molecular complexity index is 219. The van der Waals surface area contributed by atoms with Gasteiger partial charge in [0, 0.05) is 6.42 Å². The lowest BCUT2D eigenvalue weighted by atomic mass is 10.0. The third-order valence-corrected chi connectivity index (χ3v) is 3.60. The quantitative estimate of drug-likeness (QED) is 0.458. The molecule has 0 aromatic rings. The van der Waals surface area contributed by atoms with Crippen LogP contribution in [0.2, 0.25) is 0 Å². The van der Waals surface area contributed by atoms with Gasteiger partial charge in [-0.1, -0.05) is 37.8 Å². The molecule has 0 unspecified atom stereocenters. The van der Waals surface area contributed by atoms with Gasteiger partial charge in [0.25, 0.3) is 0 Å². The molecule has 0 spiro atoms. The first-order valence-corrected chi connectivity index (χ1v) is 7.61. The maximum absolute atomic E-state index is 11.4. The SMILES string of the molecule is C=C1CCCCCCCCC(=O)OCCCCC1. The first-order chi connectivity index (χ1) is 8.79. The van der Waals surface area contributed by atoms with Gasteiger partial charge < -0.3 is 4.74 Å². The molecule has 0 atom stereocenters. The standard InChI is InChI=1S/C16H28O2/c1-15-11-7-4-2-3-5-9-13-16(17)18-14-10-6-8-12-15/h1-14H2. The molecule has 0 N–H and O–H groups in total. The van der Waals surface area contributed by atoms with Gasteiger partial charge in [0.2, 0.25) is 0 Å². The molecule has 1 aliphatic rings. The number of carbonyl (C=O) groups is 1. The van der Waals surface area contributed by atoms with Crippen molar-refractivity contribution in [2.45, 2.75) is 77.0 Å². The molecule has 1 saturated heterocycles. The molecule has 0 amide bonds. The van der Waals surface area contributed by atoms with Crippen LogP contribution in [-0.2, 0) is 9.53 Å². The van der Waals surface area contributed by atoms with Crippen LogP contribution in [0.5, 0.6) is 0 Å². The lowest BCUT2D eigenvalue weighted by molar-refractivity contribution is -0.143. The molecule has 0 aromatic heterocycles. The Labute approximate surface area is 112 Å². The molecule has 1 aliphatic heterocycles. The summed E-state index contributed by atoms with van der Waals surface area (Å²) in [4.78, 5) is 11.4. The molecule has 2 heteroatoms. The highest BCUT2D eigenvalue weighted by atomic mass is 16.5. The predicted molar refractivity (Wildman–Crippen MR) is 75.5 cm³/mol. The van der Waals surface area contributed by atoms with E-state index in [1.54, 1.807) is 0 Å². The number of ether oxygens (including phenoxy) is 1. The highest BCUT2D eigenvalue weighted by Crippen LogP contribution is 2.16. The fraction of sp³-hybridized carbons (Fsp3) is 0.812. The first-order valence-electron chi connectivity index (χ1n) is 7.61. The number of allylic oxidation sites excluding steroid dienone is 1. The molecular formula is C16H28O2. The van der Waals surface area contributed by atoms with E-state index in [0.717, 1.165) is 32.1 Å². The Hall–Kier alpha value is -0.790. The summed E-state index contributed by atoms with van der Waals surface area (Å²) >= 11 is 0. The summed E-state index contributed by atoms with van der Waals surface area (Å²) in [6.07, 6.45) is 13.6. The topological polar surface area (TPSA) is 26.3 Å². The van der Waals surface area contributed by atoms with Gasteiger partial charge >= 0.3 is 5.97 Å². The number of carbonyl (C=O) groups excluding carboxylic acids is 1. The van der Waals surface area contributed by atoms with Gasteiger partial charge in [0.05, 0.1) is 6.61 Å². The molecule has 104 valence electrons. The summed E-state index contributed by atoms with van der Waals surface area (Å²) in [5.74, 6) is -0.00787. The molecule has 1 rings (SSSR count). The highest BCUT2D eigenvalue weighted by molar-refractivity contribution is 5.69. The molecule has 0 aliphatic carbocycles. The Kier molecular flexibility index (Phi) is 8.62. The van der Waals surface area contributed by atoms with E-state index in [1.807, 2.05) is 0 Å². The summed E-state index contributed by atoms with van der Waals surface area (Å²) in [7, 11) is 0. The normalized spacial score (nSPS) is 22.4. The van der Waals surface area contributed by atoms with Crippen molar-refractivity contribution < 1.29 is 9.53 Å². The molecule has 2 nitrogen and oxygen atoms in total. The second-order valence-corrected chi connectivity index (χ2v) is 5.40.